The van der Waals surface area contributed by atoms with Crippen LogP contribution in [0.25, 0.3) is 0 Å². The lowest BCUT2D eigenvalue weighted by atomic mass is 9.43. The highest BCUT2D eigenvalue weighted by molar-refractivity contribution is 5.61. The van der Waals surface area contributed by atoms with Gasteiger partial charge in [0, 0.05) is 17.0 Å². The van der Waals surface area contributed by atoms with Crippen molar-refractivity contribution in [3.05, 3.63) is 23.3 Å². The maximum atomic E-state index is 11.5. The number of piperidine rings is 1. The van der Waals surface area contributed by atoms with Crippen LogP contribution in [0.15, 0.2) is 12.1 Å². The molecular formula is C22H31NO3. The van der Waals surface area contributed by atoms with E-state index in [0.717, 1.165) is 37.3 Å². The average molecular weight is 357 g/mol. The molecular weight excluding hydrogens is 326 g/mol. The van der Waals surface area contributed by atoms with E-state index in [9.17, 15) is 5.11 Å². The van der Waals surface area contributed by atoms with Crippen LogP contribution in [0.4, 0.5) is 0 Å². The molecule has 6 atom stereocenters. The van der Waals surface area contributed by atoms with Gasteiger partial charge >= 0.3 is 0 Å². The summed E-state index contributed by atoms with van der Waals surface area (Å²) in [5.41, 5.74) is 2.54. The molecule has 1 N–H and O–H groups in total. The second kappa shape index (κ2) is 5.17. The molecule has 4 aliphatic rings. The molecule has 0 aromatic heterocycles. The van der Waals surface area contributed by atoms with Crippen molar-refractivity contribution >= 4 is 0 Å². The number of likely N-dealkylation sites (N-methyl/N-ethyl adjacent to an activating group) is 1. The van der Waals surface area contributed by atoms with Gasteiger partial charge in [0.2, 0.25) is 0 Å². The summed E-state index contributed by atoms with van der Waals surface area (Å²) in [6, 6.07) is 4.81. The molecule has 0 radical (unpaired) electrons. The standard InChI is InChI=1S/C22H31NO3/c1-6-13-17-14-11-12-7-8-15(25-5)18-16(12)22(17,9-10-23(14)4)20(26-18)19(24)21(13,2)3/h7-8,13-14,17,19-20,24H,6,9-11H2,1-5H3/t13-,14-,17?,19+,20+,22-/m1/s1. The van der Waals surface area contributed by atoms with E-state index in [1.807, 2.05) is 6.07 Å². The van der Waals surface area contributed by atoms with Crippen LogP contribution in [0.5, 0.6) is 11.5 Å². The Labute approximate surface area is 156 Å². The van der Waals surface area contributed by atoms with Crippen LogP contribution in [0.1, 0.15) is 44.7 Å². The summed E-state index contributed by atoms with van der Waals surface area (Å²) >= 11 is 0. The summed E-state index contributed by atoms with van der Waals surface area (Å²) in [5.74, 6) is 2.74. The van der Waals surface area contributed by atoms with Crippen molar-refractivity contribution in [1.82, 2.24) is 4.90 Å². The normalized spacial score (nSPS) is 42.2. The molecule has 1 aromatic carbocycles. The minimum absolute atomic E-state index is 0.0652. The largest absolute Gasteiger partial charge is 0.493 e. The van der Waals surface area contributed by atoms with Gasteiger partial charge in [0.05, 0.1) is 13.2 Å². The van der Waals surface area contributed by atoms with Crippen LogP contribution in [-0.2, 0) is 11.8 Å². The molecule has 2 aliphatic carbocycles. The molecule has 5 rings (SSSR count). The number of benzene rings is 1. The van der Waals surface area contributed by atoms with Crippen LogP contribution in [0.2, 0.25) is 0 Å². The van der Waals surface area contributed by atoms with E-state index in [1.165, 1.54) is 11.1 Å². The molecule has 2 fully saturated rings. The van der Waals surface area contributed by atoms with Crippen molar-refractivity contribution in [3.63, 3.8) is 0 Å². The molecule has 2 aliphatic heterocycles. The lowest BCUT2D eigenvalue weighted by Gasteiger charge is -2.65. The smallest absolute Gasteiger partial charge is 0.165 e. The van der Waals surface area contributed by atoms with Gasteiger partial charge in [0.15, 0.2) is 11.5 Å². The van der Waals surface area contributed by atoms with Gasteiger partial charge in [-0.1, -0.05) is 33.3 Å². The third-order valence-electron chi connectivity index (χ3n) is 8.41. The van der Waals surface area contributed by atoms with Crippen molar-refractivity contribution in [2.24, 2.45) is 17.3 Å². The number of hydrogen-bond acceptors (Lipinski definition) is 4. The molecule has 142 valence electrons. The number of hydrogen-bond donors (Lipinski definition) is 1. The monoisotopic (exact) mass is 357 g/mol. The van der Waals surface area contributed by atoms with Crippen molar-refractivity contribution in [1.29, 1.82) is 0 Å². The lowest BCUT2D eigenvalue weighted by Crippen LogP contribution is -2.72. The van der Waals surface area contributed by atoms with E-state index < -0.39 is 6.10 Å². The average Bonchev–Trinajstić information content (AvgIpc) is 2.96. The van der Waals surface area contributed by atoms with Crippen molar-refractivity contribution in [3.8, 4) is 11.5 Å². The number of aliphatic hydroxyl groups excluding tert-OH is 1. The van der Waals surface area contributed by atoms with Crippen LogP contribution in [-0.4, -0.2) is 49.0 Å². The second-order valence-electron chi connectivity index (χ2n) is 9.52. The number of methoxy groups -OCH3 is 1. The predicted molar refractivity (Wildman–Crippen MR) is 101 cm³/mol. The molecule has 1 aromatic rings. The summed E-state index contributed by atoms with van der Waals surface area (Å²) in [7, 11) is 4.00. The Hall–Kier alpha value is -1.26. The fourth-order valence-corrected chi connectivity index (χ4v) is 7.21. The molecule has 26 heavy (non-hydrogen) atoms. The molecule has 1 spiro atoms. The first-order valence-electron chi connectivity index (χ1n) is 10.1. The fourth-order valence-electron chi connectivity index (χ4n) is 7.21. The molecule has 4 heteroatoms. The third-order valence-corrected chi connectivity index (χ3v) is 8.41. The van der Waals surface area contributed by atoms with Gasteiger partial charge in [-0.3, -0.25) is 0 Å². The highest BCUT2D eigenvalue weighted by atomic mass is 16.5. The molecule has 2 heterocycles. The first kappa shape index (κ1) is 16.9. The first-order valence-corrected chi connectivity index (χ1v) is 10.1. The first-order chi connectivity index (χ1) is 12.4. The third kappa shape index (κ3) is 1.69. The van der Waals surface area contributed by atoms with Crippen molar-refractivity contribution < 1.29 is 14.6 Å². The quantitative estimate of drug-likeness (QED) is 0.884. The van der Waals surface area contributed by atoms with Crippen molar-refractivity contribution in [2.45, 2.75) is 63.7 Å². The lowest BCUT2D eigenvalue weighted by molar-refractivity contribution is -0.188. The molecule has 0 amide bonds. The minimum Gasteiger partial charge on any atom is -0.493 e. The van der Waals surface area contributed by atoms with E-state index in [4.69, 9.17) is 9.47 Å². The van der Waals surface area contributed by atoms with Crippen LogP contribution in [0, 0.1) is 17.3 Å². The topological polar surface area (TPSA) is 41.9 Å². The summed E-state index contributed by atoms with van der Waals surface area (Å²) < 4.78 is 12.2. The maximum Gasteiger partial charge on any atom is 0.165 e. The van der Waals surface area contributed by atoms with Gasteiger partial charge in [-0.15, -0.1) is 0 Å². The highest BCUT2D eigenvalue weighted by Crippen LogP contribution is 2.68. The second-order valence-corrected chi connectivity index (χ2v) is 9.52. The van der Waals surface area contributed by atoms with Gasteiger partial charge in [-0.2, -0.15) is 0 Å². The van der Waals surface area contributed by atoms with Crippen LogP contribution in [0.3, 0.4) is 0 Å². The Morgan fingerprint density at radius 2 is 2.12 bits per heavy atom. The summed E-state index contributed by atoms with van der Waals surface area (Å²) in [6.07, 6.45) is 2.62. The number of nitrogens with zero attached hydrogens (tertiary/aromatic N) is 1. The molecule has 1 saturated heterocycles. The molecule has 4 nitrogen and oxygen atoms in total. The zero-order valence-corrected chi connectivity index (χ0v) is 16.6. The maximum absolute atomic E-state index is 11.5. The van der Waals surface area contributed by atoms with Crippen molar-refractivity contribution in [2.75, 3.05) is 20.7 Å². The fraction of sp³-hybridized carbons (Fsp3) is 0.727. The Morgan fingerprint density at radius 1 is 1.35 bits per heavy atom. The molecule has 1 unspecified atom stereocenters. The Morgan fingerprint density at radius 3 is 2.81 bits per heavy atom. The SMILES string of the molecule is CC[C@@H]1C2[C@H]3Cc4ccc(OC)c5c4[C@@]2(CCN3C)[C@@H](O5)[C@H](O)C1(C)C. The molecule has 2 bridgehead atoms. The highest BCUT2D eigenvalue weighted by Gasteiger charge is 2.71. The van der Waals surface area contributed by atoms with Gasteiger partial charge in [-0.05, 0) is 55.3 Å². The Kier molecular flexibility index (Phi) is 3.36. The Bertz CT molecular complexity index is 760. The summed E-state index contributed by atoms with van der Waals surface area (Å²) in [6.45, 7) is 7.85. The zero-order chi connectivity index (χ0) is 18.4. The van der Waals surface area contributed by atoms with E-state index >= 15 is 0 Å². The zero-order valence-electron chi connectivity index (χ0n) is 16.6. The number of ether oxygens (including phenoxy) is 2. The van der Waals surface area contributed by atoms with E-state index in [2.05, 4.69) is 38.8 Å². The van der Waals surface area contributed by atoms with Gasteiger partial charge in [0.1, 0.15) is 6.10 Å². The number of rotatable bonds is 2. The van der Waals surface area contributed by atoms with Gasteiger partial charge in [-0.25, -0.2) is 0 Å². The number of likely N-dealkylation sites (tertiary alicyclic amines) is 1. The van der Waals surface area contributed by atoms with E-state index in [-0.39, 0.29) is 16.9 Å². The van der Waals surface area contributed by atoms with Gasteiger partial charge in [0.25, 0.3) is 0 Å². The summed E-state index contributed by atoms with van der Waals surface area (Å²) in [5, 5.41) is 11.5. The summed E-state index contributed by atoms with van der Waals surface area (Å²) in [4.78, 5) is 2.56. The Balaban J connectivity index is 1.82. The molecule has 1 saturated carbocycles. The number of aliphatic hydroxyl groups is 1. The van der Waals surface area contributed by atoms with Gasteiger partial charge < -0.3 is 19.5 Å². The van der Waals surface area contributed by atoms with Crippen LogP contribution >= 0.6 is 0 Å². The van der Waals surface area contributed by atoms with E-state index in [1.54, 1.807) is 7.11 Å². The predicted octanol–water partition coefficient (Wildman–Crippen LogP) is 3.00. The van der Waals surface area contributed by atoms with Crippen LogP contribution < -0.4 is 9.47 Å². The minimum atomic E-state index is -0.462. The van der Waals surface area contributed by atoms with E-state index in [0.29, 0.717) is 17.9 Å².